The maximum Gasteiger partial charge on any atom is 0.141 e. The van der Waals surface area contributed by atoms with Crippen molar-refractivity contribution >= 4 is 11.0 Å². The van der Waals surface area contributed by atoms with Crippen LogP contribution in [0.15, 0.2) is 16.7 Å². The second-order valence-corrected chi connectivity index (χ2v) is 9.46. The summed E-state index contributed by atoms with van der Waals surface area (Å²) in [5, 5.41) is 12.4. The highest BCUT2D eigenvalue weighted by atomic mass is 16.5. The molecule has 3 aromatic heterocycles. The fraction of sp³-hybridized carbons (Fsp3) is 0.458. The first-order valence-electron chi connectivity index (χ1n) is 11.2. The van der Waals surface area contributed by atoms with Crippen LogP contribution >= 0.6 is 0 Å². The third-order valence-corrected chi connectivity index (χ3v) is 6.93. The van der Waals surface area contributed by atoms with Crippen molar-refractivity contribution in [2.45, 2.75) is 70.1 Å². The number of nitrogens with one attached hydrogen (secondary N) is 2. The Kier molecular flexibility index (Phi) is 3.28. The number of benzene rings is 1. The molecule has 0 aliphatic heterocycles. The summed E-state index contributed by atoms with van der Waals surface area (Å²) >= 11 is 0. The fourth-order valence-corrected chi connectivity index (χ4v) is 4.89. The van der Waals surface area contributed by atoms with Crippen molar-refractivity contribution < 1.29 is 4.52 Å². The van der Waals surface area contributed by atoms with Gasteiger partial charge in [-0.05, 0) is 70.1 Å². The van der Waals surface area contributed by atoms with E-state index in [-0.39, 0.29) is 0 Å². The average Bonchev–Trinajstić information content (AvgIpc) is 3.64. The number of H-pyrrole nitrogens is 2. The van der Waals surface area contributed by atoms with Gasteiger partial charge in [0.1, 0.15) is 11.6 Å². The predicted molar refractivity (Wildman–Crippen MR) is 115 cm³/mol. The van der Waals surface area contributed by atoms with Crippen LogP contribution in [0.2, 0.25) is 0 Å². The van der Waals surface area contributed by atoms with E-state index in [1.807, 2.05) is 13.8 Å². The molecule has 3 fully saturated rings. The highest BCUT2D eigenvalue weighted by molar-refractivity contribution is 5.98. The summed E-state index contributed by atoms with van der Waals surface area (Å²) in [5.41, 5.74) is 10.4. The highest BCUT2D eigenvalue weighted by Crippen LogP contribution is 2.51. The molecule has 0 spiro atoms. The molecule has 0 radical (unpaired) electrons. The third-order valence-electron chi connectivity index (χ3n) is 6.93. The summed E-state index contributed by atoms with van der Waals surface area (Å²) in [4.78, 5) is 8.74. The molecule has 3 aliphatic rings. The molecule has 3 heterocycles. The minimum absolute atomic E-state index is 0.586. The van der Waals surface area contributed by atoms with Crippen molar-refractivity contribution in [3.63, 3.8) is 0 Å². The van der Waals surface area contributed by atoms with Gasteiger partial charge >= 0.3 is 0 Å². The van der Waals surface area contributed by atoms with Crippen LogP contribution < -0.4 is 0 Å². The number of hydrogen-bond acceptors (Lipinski definition) is 4. The Morgan fingerprint density at radius 2 is 1.70 bits per heavy atom. The molecule has 4 aromatic rings. The lowest BCUT2D eigenvalue weighted by Crippen LogP contribution is -1.92. The lowest BCUT2D eigenvalue weighted by molar-refractivity contribution is 0.393. The first kappa shape index (κ1) is 16.9. The number of aromatic amines is 2. The van der Waals surface area contributed by atoms with Gasteiger partial charge in [0.05, 0.1) is 22.4 Å². The maximum absolute atomic E-state index is 5.50. The van der Waals surface area contributed by atoms with Gasteiger partial charge in [0.2, 0.25) is 0 Å². The summed E-state index contributed by atoms with van der Waals surface area (Å²) in [7, 11) is 0. The minimum atomic E-state index is 0.586. The quantitative estimate of drug-likeness (QED) is 0.440. The summed E-state index contributed by atoms with van der Waals surface area (Å²) in [6.07, 6.45) is 7.45. The molecule has 30 heavy (non-hydrogen) atoms. The zero-order valence-electron chi connectivity index (χ0n) is 17.4. The van der Waals surface area contributed by atoms with E-state index >= 15 is 0 Å². The van der Waals surface area contributed by atoms with Crippen LogP contribution in [-0.2, 0) is 0 Å². The minimum Gasteiger partial charge on any atom is -0.361 e. The molecule has 0 saturated heterocycles. The Labute approximate surface area is 174 Å². The highest BCUT2D eigenvalue weighted by Gasteiger charge is 2.37. The van der Waals surface area contributed by atoms with Gasteiger partial charge in [-0.2, -0.15) is 5.10 Å². The third kappa shape index (κ3) is 2.52. The van der Waals surface area contributed by atoms with Gasteiger partial charge in [-0.15, -0.1) is 0 Å². The van der Waals surface area contributed by atoms with Crippen molar-refractivity contribution in [2.75, 3.05) is 0 Å². The fourth-order valence-electron chi connectivity index (χ4n) is 4.89. The standard InChI is InChI=1S/C24H25N5O/c1-11-19(12(2)30-29-11)16-9-17(23-18(10-16)25-24(26-23)15-7-8-15)20-21(13-3-4-13)27-28-22(20)14-5-6-14/h9-10,13-15H,3-8H2,1-2H3,(H,25,26)(H,27,28). The van der Waals surface area contributed by atoms with Crippen LogP contribution in [-0.4, -0.2) is 25.3 Å². The SMILES string of the molecule is Cc1noc(C)c1-c1cc(-c2c(C3CC3)n[nH]c2C2CC2)c2nc(C3CC3)[nH]c2c1. The first-order valence-corrected chi connectivity index (χ1v) is 11.2. The monoisotopic (exact) mass is 399 g/mol. The Bertz CT molecular complexity index is 1250. The summed E-state index contributed by atoms with van der Waals surface area (Å²) in [5.74, 6) is 3.77. The number of nitrogens with zero attached hydrogens (tertiary/aromatic N) is 3. The molecule has 2 N–H and O–H groups in total. The van der Waals surface area contributed by atoms with E-state index in [9.17, 15) is 0 Å². The summed E-state index contributed by atoms with van der Waals surface area (Å²) in [6, 6.07) is 4.52. The van der Waals surface area contributed by atoms with Crippen LogP contribution in [0.1, 0.15) is 84.9 Å². The molecule has 0 atom stereocenters. The van der Waals surface area contributed by atoms with Crippen LogP contribution in [0, 0.1) is 13.8 Å². The van der Waals surface area contributed by atoms with Gasteiger partial charge in [0, 0.05) is 40.1 Å². The number of fused-ring (bicyclic) bond motifs is 1. The van der Waals surface area contributed by atoms with Crippen molar-refractivity contribution in [1.82, 2.24) is 25.3 Å². The van der Waals surface area contributed by atoms with Crippen molar-refractivity contribution in [1.29, 1.82) is 0 Å². The zero-order valence-corrected chi connectivity index (χ0v) is 17.4. The van der Waals surface area contributed by atoms with E-state index in [0.717, 1.165) is 39.4 Å². The molecule has 0 amide bonds. The van der Waals surface area contributed by atoms with E-state index < -0.39 is 0 Å². The van der Waals surface area contributed by atoms with Crippen molar-refractivity contribution in [3.8, 4) is 22.3 Å². The largest absolute Gasteiger partial charge is 0.361 e. The normalized spacial score (nSPS) is 19.1. The molecular weight excluding hydrogens is 374 g/mol. The van der Waals surface area contributed by atoms with E-state index in [4.69, 9.17) is 14.6 Å². The topological polar surface area (TPSA) is 83.4 Å². The second kappa shape index (κ2) is 5.84. The van der Waals surface area contributed by atoms with Gasteiger partial charge < -0.3 is 9.51 Å². The summed E-state index contributed by atoms with van der Waals surface area (Å²) < 4.78 is 5.50. The van der Waals surface area contributed by atoms with Gasteiger partial charge in [0.25, 0.3) is 0 Å². The van der Waals surface area contributed by atoms with E-state index in [2.05, 4.69) is 27.4 Å². The zero-order chi connectivity index (χ0) is 20.0. The predicted octanol–water partition coefficient (Wildman–Crippen LogP) is 5.86. The van der Waals surface area contributed by atoms with Gasteiger partial charge in [0.15, 0.2) is 0 Å². The lowest BCUT2D eigenvalue weighted by atomic mass is 9.93. The van der Waals surface area contributed by atoms with Crippen molar-refractivity contribution in [2.24, 2.45) is 0 Å². The smallest absolute Gasteiger partial charge is 0.141 e. The van der Waals surface area contributed by atoms with E-state index in [1.54, 1.807) is 0 Å². The van der Waals surface area contributed by atoms with Gasteiger partial charge in [-0.1, -0.05) is 5.16 Å². The van der Waals surface area contributed by atoms with Gasteiger partial charge in [-0.25, -0.2) is 4.98 Å². The molecule has 3 aliphatic carbocycles. The number of aryl methyl sites for hydroxylation is 2. The molecule has 0 bridgehead atoms. The molecule has 3 saturated carbocycles. The summed E-state index contributed by atoms with van der Waals surface area (Å²) in [6.45, 7) is 4.01. The molecular formula is C24H25N5O. The van der Waals surface area contributed by atoms with Crippen LogP contribution in [0.5, 0.6) is 0 Å². The molecule has 152 valence electrons. The van der Waals surface area contributed by atoms with Crippen molar-refractivity contribution in [3.05, 3.63) is 40.8 Å². The Morgan fingerprint density at radius 3 is 2.37 bits per heavy atom. The number of hydrogen-bond donors (Lipinski definition) is 2. The first-order chi connectivity index (χ1) is 14.7. The van der Waals surface area contributed by atoms with E-state index in [0.29, 0.717) is 17.8 Å². The number of imidazole rings is 1. The molecule has 6 heteroatoms. The molecule has 7 rings (SSSR count). The Balaban J connectivity index is 1.52. The Hall–Kier alpha value is -2.89. The second-order valence-electron chi connectivity index (χ2n) is 9.46. The number of aromatic nitrogens is 5. The van der Waals surface area contributed by atoms with E-state index in [1.165, 1.54) is 61.0 Å². The lowest BCUT2D eigenvalue weighted by Gasteiger charge is -2.10. The van der Waals surface area contributed by atoms with Crippen LogP contribution in [0.3, 0.4) is 0 Å². The maximum atomic E-state index is 5.50. The molecule has 0 unspecified atom stereocenters. The average molecular weight is 399 g/mol. The van der Waals surface area contributed by atoms with Crippen LogP contribution in [0.4, 0.5) is 0 Å². The molecule has 6 nitrogen and oxygen atoms in total. The van der Waals surface area contributed by atoms with Gasteiger partial charge in [-0.3, -0.25) is 5.10 Å². The van der Waals surface area contributed by atoms with Crippen LogP contribution in [0.25, 0.3) is 33.3 Å². The number of rotatable bonds is 5. The molecule has 1 aromatic carbocycles. The Morgan fingerprint density at radius 1 is 0.933 bits per heavy atom.